The molecule has 0 aromatic heterocycles. The fourth-order valence-corrected chi connectivity index (χ4v) is 3.85. The van der Waals surface area contributed by atoms with Crippen molar-refractivity contribution >= 4 is 27.3 Å². The molecule has 1 atom stereocenters. The molecular weight excluding hydrogens is 352 g/mol. The fourth-order valence-electron chi connectivity index (χ4n) is 2.91. The number of hydrogen-bond acceptors (Lipinski definition) is 4. The quantitative estimate of drug-likeness (QED) is 0.893. The molecule has 2 aromatic carbocycles. The number of aryl methyl sites for hydroxylation is 1. The Bertz CT molecular complexity index is 894. The zero-order chi connectivity index (χ0) is 18.7. The Morgan fingerprint density at radius 2 is 1.88 bits per heavy atom. The SMILES string of the molecule is CCc1ccc(NC(=O)[C@H]2CCN(S(C)(=O)=O)c3ccccc3O2)cc1. The van der Waals surface area contributed by atoms with Gasteiger partial charge in [0.25, 0.3) is 5.91 Å². The summed E-state index contributed by atoms with van der Waals surface area (Å²) in [5.41, 5.74) is 2.33. The summed E-state index contributed by atoms with van der Waals surface area (Å²) < 4.78 is 31.3. The van der Waals surface area contributed by atoms with Gasteiger partial charge in [0.1, 0.15) is 5.75 Å². The largest absolute Gasteiger partial charge is 0.478 e. The van der Waals surface area contributed by atoms with Crippen LogP contribution in [0.2, 0.25) is 0 Å². The first-order valence-electron chi connectivity index (χ1n) is 8.51. The summed E-state index contributed by atoms with van der Waals surface area (Å²) in [6.07, 6.45) is 1.58. The number of nitrogens with one attached hydrogen (secondary N) is 1. The molecule has 0 spiro atoms. The van der Waals surface area contributed by atoms with Crippen molar-refractivity contribution in [1.82, 2.24) is 0 Å². The zero-order valence-electron chi connectivity index (χ0n) is 14.8. The number of nitrogens with zero attached hydrogens (tertiary/aromatic N) is 1. The molecule has 6 nitrogen and oxygen atoms in total. The number of fused-ring (bicyclic) bond motifs is 1. The molecular formula is C19H22N2O4S. The van der Waals surface area contributed by atoms with Crippen LogP contribution in [-0.2, 0) is 21.2 Å². The minimum absolute atomic E-state index is 0.183. The van der Waals surface area contributed by atoms with Crippen molar-refractivity contribution in [3.8, 4) is 5.75 Å². The topological polar surface area (TPSA) is 75.7 Å². The van der Waals surface area contributed by atoms with E-state index < -0.39 is 16.1 Å². The molecule has 0 bridgehead atoms. The Morgan fingerprint density at radius 1 is 1.19 bits per heavy atom. The molecule has 0 fully saturated rings. The van der Waals surface area contributed by atoms with Gasteiger partial charge in [-0.25, -0.2) is 8.42 Å². The van der Waals surface area contributed by atoms with Gasteiger partial charge < -0.3 is 10.1 Å². The van der Waals surface area contributed by atoms with E-state index in [2.05, 4.69) is 12.2 Å². The van der Waals surface area contributed by atoms with Gasteiger partial charge in [-0.3, -0.25) is 9.10 Å². The van der Waals surface area contributed by atoms with Crippen LogP contribution in [0.1, 0.15) is 18.9 Å². The summed E-state index contributed by atoms with van der Waals surface area (Å²) in [5, 5.41) is 2.84. The lowest BCUT2D eigenvalue weighted by Gasteiger charge is -2.20. The molecule has 1 aliphatic rings. The summed E-state index contributed by atoms with van der Waals surface area (Å²) in [5.74, 6) is 0.0938. The smallest absolute Gasteiger partial charge is 0.265 e. The number of rotatable bonds is 4. The Morgan fingerprint density at radius 3 is 2.54 bits per heavy atom. The maximum absolute atomic E-state index is 12.6. The molecule has 0 unspecified atom stereocenters. The van der Waals surface area contributed by atoms with Gasteiger partial charge in [0.15, 0.2) is 6.10 Å². The van der Waals surface area contributed by atoms with Gasteiger partial charge >= 0.3 is 0 Å². The first-order valence-corrected chi connectivity index (χ1v) is 10.4. The molecule has 0 radical (unpaired) electrons. The lowest BCUT2D eigenvalue weighted by Crippen LogP contribution is -2.35. The second kappa shape index (κ2) is 7.37. The molecule has 7 heteroatoms. The second-order valence-corrected chi connectivity index (χ2v) is 8.14. The first-order chi connectivity index (χ1) is 12.4. The number of amides is 1. The van der Waals surface area contributed by atoms with Crippen molar-refractivity contribution in [2.75, 3.05) is 22.4 Å². The minimum Gasteiger partial charge on any atom is -0.478 e. The highest BCUT2D eigenvalue weighted by Gasteiger charge is 2.31. The molecule has 26 heavy (non-hydrogen) atoms. The van der Waals surface area contributed by atoms with Crippen LogP contribution < -0.4 is 14.4 Å². The van der Waals surface area contributed by atoms with Gasteiger partial charge in [-0.05, 0) is 36.2 Å². The van der Waals surface area contributed by atoms with Gasteiger partial charge in [0.05, 0.1) is 11.9 Å². The molecule has 1 amide bonds. The molecule has 0 saturated carbocycles. The van der Waals surface area contributed by atoms with Gasteiger partial charge in [0, 0.05) is 18.7 Å². The third-order valence-corrected chi connectivity index (χ3v) is 5.50. The predicted octanol–water partition coefficient (Wildman–Crippen LogP) is 2.80. The third-order valence-electron chi connectivity index (χ3n) is 4.32. The number of ether oxygens (including phenoxy) is 1. The Balaban J connectivity index is 1.80. The van der Waals surface area contributed by atoms with E-state index in [0.29, 0.717) is 17.1 Å². The fraction of sp³-hybridized carbons (Fsp3) is 0.316. The summed E-state index contributed by atoms with van der Waals surface area (Å²) in [4.78, 5) is 12.6. The van der Waals surface area contributed by atoms with E-state index in [4.69, 9.17) is 4.74 Å². The molecule has 1 heterocycles. The summed E-state index contributed by atoms with van der Waals surface area (Å²) in [7, 11) is -3.46. The molecule has 1 N–H and O–H groups in total. The summed E-state index contributed by atoms with van der Waals surface area (Å²) in [6, 6.07) is 14.5. The van der Waals surface area contributed by atoms with Crippen molar-refractivity contribution in [3.63, 3.8) is 0 Å². The highest BCUT2D eigenvalue weighted by Crippen LogP contribution is 2.34. The molecule has 138 valence electrons. The Hall–Kier alpha value is -2.54. The van der Waals surface area contributed by atoms with E-state index in [0.717, 1.165) is 12.7 Å². The number of carbonyl (C=O) groups excluding carboxylic acids is 1. The Labute approximate surface area is 153 Å². The number of sulfonamides is 1. The van der Waals surface area contributed by atoms with E-state index >= 15 is 0 Å². The highest BCUT2D eigenvalue weighted by molar-refractivity contribution is 7.92. The third kappa shape index (κ3) is 3.99. The standard InChI is InChI=1S/C19H22N2O4S/c1-3-14-8-10-15(11-9-14)20-19(22)18-12-13-21(26(2,23)24)16-6-4-5-7-17(16)25-18/h4-11,18H,3,12-13H2,1-2H3,(H,20,22)/t18-/m1/s1. The van der Waals surface area contributed by atoms with Crippen molar-refractivity contribution in [2.45, 2.75) is 25.9 Å². The normalized spacial score (nSPS) is 17.0. The van der Waals surface area contributed by atoms with Crippen LogP contribution in [0, 0.1) is 0 Å². The predicted molar refractivity (Wildman–Crippen MR) is 102 cm³/mol. The van der Waals surface area contributed by atoms with E-state index in [-0.39, 0.29) is 18.9 Å². The van der Waals surface area contributed by atoms with Crippen LogP contribution in [0.5, 0.6) is 5.75 Å². The van der Waals surface area contributed by atoms with E-state index in [1.807, 2.05) is 24.3 Å². The van der Waals surface area contributed by atoms with Crippen molar-refractivity contribution in [1.29, 1.82) is 0 Å². The highest BCUT2D eigenvalue weighted by atomic mass is 32.2. The van der Waals surface area contributed by atoms with Gasteiger partial charge in [-0.15, -0.1) is 0 Å². The average Bonchev–Trinajstić information content (AvgIpc) is 2.82. The zero-order valence-corrected chi connectivity index (χ0v) is 15.6. The number of para-hydroxylation sites is 2. The number of carbonyl (C=O) groups is 1. The van der Waals surface area contributed by atoms with E-state index in [1.54, 1.807) is 24.3 Å². The van der Waals surface area contributed by atoms with Crippen molar-refractivity contribution < 1.29 is 17.9 Å². The molecule has 2 aromatic rings. The van der Waals surface area contributed by atoms with E-state index in [9.17, 15) is 13.2 Å². The lowest BCUT2D eigenvalue weighted by molar-refractivity contribution is -0.122. The van der Waals surface area contributed by atoms with Gasteiger partial charge in [-0.2, -0.15) is 0 Å². The average molecular weight is 374 g/mol. The van der Waals surface area contributed by atoms with Crippen LogP contribution >= 0.6 is 0 Å². The molecule has 1 aliphatic heterocycles. The van der Waals surface area contributed by atoms with Gasteiger partial charge in [-0.1, -0.05) is 31.2 Å². The van der Waals surface area contributed by atoms with Crippen molar-refractivity contribution in [2.24, 2.45) is 0 Å². The number of anilines is 2. The van der Waals surface area contributed by atoms with Crippen LogP contribution in [0.3, 0.4) is 0 Å². The first kappa shape index (κ1) is 18.3. The van der Waals surface area contributed by atoms with Crippen LogP contribution in [-0.4, -0.2) is 33.2 Å². The summed E-state index contributed by atoms with van der Waals surface area (Å²) in [6.45, 7) is 2.25. The summed E-state index contributed by atoms with van der Waals surface area (Å²) >= 11 is 0. The van der Waals surface area contributed by atoms with E-state index in [1.165, 1.54) is 9.87 Å². The van der Waals surface area contributed by atoms with Crippen LogP contribution in [0.15, 0.2) is 48.5 Å². The maximum Gasteiger partial charge on any atom is 0.265 e. The lowest BCUT2D eigenvalue weighted by atomic mass is 10.1. The minimum atomic E-state index is -3.46. The van der Waals surface area contributed by atoms with Crippen LogP contribution in [0.4, 0.5) is 11.4 Å². The van der Waals surface area contributed by atoms with Gasteiger partial charge in [0.2, 0.25) is 10.0 Å². The molecule has 0 aliphatic carbocycles. The maximum atomic E-state index is 12.6. The van der Waals surface area contributed by atoms with Crippen molar-refractivity contribution in [3.05, 3.63) is 54.1 Å². The number of benzene rings is 2. The van der Waals surface area contributed by atoms with Crippen LogP contribution in [0.25, 0.3) is 0 Å². The second-order valence-electron chi connectivity index (χ2n) is 6.24. The monoisotopic (exact) mass is 374 g/mol. The molecule has 3 rings (SSSR count). The number of hydrogen-bond donors (Lipinski definition) is 1. The Kier molecular flexibility index (Phi) is 5.18. The molecule has 0 saturated heterocycles.